The predicted octanol–water partition coefficient (Wildman–Crippen LogP) is 6.12. The minimum Gasteiger partial charge on any atom is -0.340 e. The molecule has 0 aliphatic rings. The number of hydrogen-bond donors (Lipinski definition) is 1. The zero-order valence-corrected chi connectivity index (χ0v) is 20.8. The highest BCUT2D eigenvalue weighted by atomic mass is 32.2. The van der Waals surface area contributed by atoms with E-state index in [-0.39, 0.29) is 5.91 Å². The molecule has 182 valence electrons. The van der Waals surface area contributed by atoms with Crippen molar-refractivity contribution in [1.29, 1.82) is 0 Å². The third kappa shape index (κ3) is 6.83. The van der Waals surface area contributed by atoms with Crippen molar-refractivity contribution in [3.63, 3.8) is 0 Å². The Kier molecular flexibility index (Phi) is 8.53. The summed E-state index contributed by atoms with van der Waals surface area (Å²) in [5.41, 5.74) is 3.21. The van der Waals surface area contributed by atoms with Gasteiger partial charge in [-0.3, -0.25) is 9.59 Å². The smallest absolute Gasteiger partial charge is 0.251 e. The van der Waals surface area contributed by atoms with Crippen molar-refractivity contribution in [2.45, 2.75) is 23.1 Å². The lowest BCUT2D eigenvalue weighted by molar-refractivity contribution is -0.120. The molecule has 0 saturated heterocycles. The van der Waals surface area contributed by atoms with Gasteiger partial charge in [0, 0.05) is 35.4 Å². The van der Waals surface area contributed by atoms with Crippen LogP contribution in [-0.2, 0) is 17.0 Å². The molecule has 4 nitrogen and oxygen atoms in total. The highest BCUT2D eigenvalue weighted by Crippen LogP contribution is 2.25. The Morgan fingerprint density at radius 2 is 1.39 bits per heavy atom. The third-order valence-corrected chi connectivity index (χ3v) is 6.88. The van der Waals surface area contributed by atoms with Crippen LogP contribution < -0.4 is 10.2 Å². The van der Waals surface area contributed by atoms with Crippen LogP contribution in [-0.4, -0.2) is 24.9 Å². The Labute approximate surface area is 215 Å². The average Bonchev–Trinajstić information content (AvgIpc) is 2.92. The van der Waals surface area contributed by atoms with Crippen LogP contribution in [0.15, 0.2) is 114 Å². The van der Waals surface area contributed by atoms with E-state index in [1.807, 2.05) is 72.8 Å². The second-order valence-corrected chi connectivity index (χ2v) is 9.44. The standard InChI is InChI=1S/C30H27FN2O2S/c1-33(26-16-18-27(19-17-26)36-21-23-10-6-3-7-11-23)30(35)28(20-22-8-4-2-5-9-22)32-29(34)24-12-14-25(31)15-13-24/h2-19,28H,20-21H2,1H3,(H,32,34). The number of nitrogens with one attached hydrogen (secondary N) is 1. The largest absolute Gasteiger partial charge is 0.340 e. The minimum absolute atomic E-state index is 0.237. The van der Waals surface area contributed by atoms with Gasteiger partial charge in [-0.05, 0) is 59.7 Å². The molecule has 0 aliphatic heterocycles. The molecule has 0 radical (unpaired) electrons. The fraction of sp³-hybridized carbons (Fsp3) is 0.133. The van der Waals surface area contributed by atoms with Gasteiger partial charge < -0.3 is 10.2 Å². The minimum atomic E-state index is -0.790. The number of nitrogens with zero attached hydrogens (tertiary/aromatic N) is 1. The van der Waals surface area contributed by atoms with E-state index in [1.165, 1.54) is 29.8 Å². The van der Waals surface area contributed by atoms with Gasteiger partial charge in [-0.15, -0.1) is 11.8 Å². The van der Waals surface area contributed by atoms with Crippen LogP contribution in [0.3, 0.4) is 0 Å². The molecule has 1 N–H and O–H groups in total. The lowest BCUT2D eigenvalue weighted by Crippen LogP contribution is -2.48. The van der Waals surface area contributed by atoms with E-state index in [0.717, 1.165) is 21.9 Å². The SMILES string of the molecule is CN(C(=O)C(Cc1ccccc1)NC(=O)c1ccc(F)cc1)c1ccc(SCc2ccccc2)cc1. The number of amides is 2. The van der Waals surface area contributed by atoms with Gasteiger partial charge in [-0.1, -0.05) is 60.7 Å². The molecule has 0 saturated carbocycles. The van der Waals surface area contributed by atoms with Crippen molar-refractivity contribution in [3.05, 3.63) is 132 Å². The summed E-state index contributed by atoms with van der Waals surface area (Å²) < 4.78 is 13.3. The number of likely N-dealkylation sites (N-methyl/N-ethyl adjacent to an activating group) is 1. The first-order chi connectivity index (χ1) is 17.5. The lowest BCUT2D eigenvalue weighted by Gasteiger charge is -2.25. The van der Waals surface area contributed by atoms with E-state index in [0.29, 0.717) is 12.0 Å². The zero-order chi connectivity index (χ0) is 25.3. The van der Waals surface area contributed by atoms with E-state index in [2.05, 4.69) is 17.4 Å². The van der Waals surface area contributed by atoms with Crippen molar-refractivity contribution in [2.24, 2.45) is 0 Å². The zero-order valence-electron chi connectivity index (χ0n) is 19.9. The van der Waals surface area contributed by atoms with Crippen molar-refractivity contribution < 1.29 is 14.0 Å². The molecule has 0 aliphatic carbocycles. The number of anilines is 1. The molecule has 0 heterocycles. The Morgan fingerprint density at radius 3 is 2.00 bits per heavy atom. The number of carbonyl (C=O) groups is 2. The predicted molar refractivity (Wildman–Crippen MR) is 144 cm³/mol. The molecule has 0 aromatic heterocycles. The van der Waals surface area contributed by atoms with Gasteiger partial charge in [0.15, 0.2) is 0 Å². The molecule has 1 unspecified atom stereocenters. The maximum absolute atomic E-state index is 13.5. The van der Waals surface area contributed by atoms with Gasteiger partial charge in [-0.25, -0.2) is 4.39 Å². The maximum Gasteiger partial charge on any atom is 0.251 e. The highest BCUT2D eigenvalue weighted by molar-refractivity contribution is 7.98. The second kappa shape index (κ2) is 12.2. The quantitative estimate of drug-likeness (QED) is 0.283. The van der Waals surface area contributed by atoms with E-state index in [9.17, 15) is 14.0 Å². The molecule has 1 atom stereocenters. The molecule has 0 fully saturated rings. The van der Waals surface area contributed by atoms with Crippen LogP contribution in [0.5, 0.6) is 0 Å². The van der Waals surface area contributed by atoms with Crippen LogP contribution in [0, 0.1) is 5.82 Å². The molecule has 4 rings (SSSR count). The summed E-state index contributed by atoms with van der Waals surface area (Å²) in [5.74, 6) is -0.221. The van der Waals surface area contributed by atoms with Gasteiger partial charge in [0.25, 0.3) is 5.91 Å². The molecule has 6 heteroatoms. The molecular formula is C30H27FN2O2S. The summed E-state index contributed by atoms with van der Waals surface area (Å²) in [5, 5.41) is 2.84. The van der Waals surface area contributed by atoms with Crippen LogP contribution in [0.1, 0.15) is 21.5 Å². The number of thioether (sulfide) groups is 1. The summed E-state index contributed by atoms with van der Waals surface area (Å²) in [7, 11) is 1.70. The molecule has 2 amide bonds. The fourth-order valence-corrected chi connectivity index (χ4v) is 4.61. The van der Waals surface area contributed by atoms with Crippen LogP contribution in [0.25, 0.3) is 0 Å². The summed E-state index contributed by atoms with van der Waals surface area (Å²) in [4.78, 5) is 29.0. The first-order valence-electron chi connectivity index (χ1n) is 11.6. The van der Waals surface area contributed by atoms with Gasteiger partial charge in [0.1, 0.15) is 11.9 Å². The monoisotopic (exact) mass is 498 g/mol. The molecule has 36 heavy (non-hydrogen) atoms. The Morgan fingerprint density at radius 1 is 0.806 bits per heavy atom. The number of benzene rings is 4. The van der Waals surface area contributed by atoms with Crippen molar-refractivity contribution in [1.82, 2.24) is 5.32 Å². The van der Waals surface area contributed by atoms with E-state index in [1.54, 1.807) is 23.7 Å². The number of halogens is 1. The number of carbonyl (C=O) groups excluding carboxylic acids is 2. The fourth-order valence-electron chi connectivity index (χ4n) is 3.76. The van der Waals surface area contributed by atoms with Crippen molar-refractivity contribution >= 4 is 29.3 Å². The lowest BCUT2D eigenvalue weighted by atomic mass is 10.0. The summed E-state index contributed by atoms with van der Waals surface area (Å²) in [6.45, 7) is 0. The summed E-state index contributed by atoms with van der Waals surface area (Å²) in [6.07, 6.45) is 0.335. The number of rotatable bonds is 9. The first kappa shape index (κ1) is 25.2. The molecule has 4 aromatic rings. The number of hydrogen-bond acceptors (Lipinski definition) is 3. The average molecular weight is 499 g/mol. The second-order valence-electron chi connectivity index (χ2n) is 8.39. The van der Waals surface area contributed by atoms with Crippen LogP contribution in [0.4, 0.5) is 10.1 Å². The van der Waals surface area contributed by atoms with Crippen molar-refractivity contribution in [3.8, 4) is 0 Å². The summed E-state index contributed by atoms with van der Waals surface area (Å²) >= 11 is 1.73. The van der Waals surface area contributed by atoms with Crippen molar-refractivity contribution in [2.75, 3.05) is 11.9 Å². The molecule has 0 bridgehead atoms. The van der Waals surface area contributed by atoms with E-state index >= 15 is 0 Å². The van der Waals surface area contributed by atoms with Gasteiger partial charge in [-0.2, -0.15) is 0 Å². The van der Waals surface area contributed by atoms with Gasteiger partial charge >= 0.3 is 0 Å². The molecular weight excluding hydrogens is 471 g/mol. The summed E-state index contributed by atoms with van der Waals surface area (Å²) in [6, 6.07) is 32.1. The molecule has 0 spiro atoms. The first-order valence-corrected chi connectivity index (χ1v) is 12.6. The third-order valence-electron chi connectivity index (χ3n) is 5.80. The normalized spacial score (nSPS) is 11.5. The van der Waals surface area contributed by atoms with Gasteiger partial charge in [0.05, 0.1) is 0 Å². The Balaban J connectivity index is 1.47. The van der Waals surface area contributed by atoms with Gasteiger partial charge in [0.2, 0.25) is 5.91 Å². The molecule has 4 aromatic carbocycles. The highest BCUT2D eigenvalue weighted by Gasteiger charge is 2.26. The van der Waals surface area contributed by atoms with Crippen LogP contribution in [0.2, 0.25) is 0 Å². The maximum atomic E-state index is 13.5. The Bertz CT molecular complexity index is 1280. The van der Waals surface area contributed by atoms with E-state index < -0.39 is 17.8 Å². The Hall–Kier alpha value is -3.90. The topological polar surface area (TPSA) is 49.4 Å². The van der Waals surface area contributed by atoms with Crippen LogP contribution >= 0.6 is 11.8 Å². The van der Waals surface area contributed by atoms with E-state index in [4.69, 9.17) is 0 Å².